The molecule has 0 aliphatic carbocycles. The molecule has 7 heteroatoms. The smallest absolute Gasteiger partial charge is 0.123 e. The van der Waals surface area contributed by atoms with Crippen LogP contribution in [0.1, 0.15) is 6.92 Å². The molecule has 2 heterocycles. The van der Waals surface area contributed by atoms with E-state index >= 15 is 0 Å². The minimum absolute atomic E-state index is 0.350. The predicted octanol–water partition coefficient (Wildman–Crippen LogP) is 3.68. The number of nitrogens with zero attached hydrogens (tertiary/aromatic N) is 3. The zero-order chi connectivity index (χ0) is 19.0. The molecule has 1 aliphatic rings. The van der Waals surface area contributed by atoms with E-state index in [0.717, 1.165) is 36.5 Å². The molecule has 0 amide bonds. The van der Waals surface area contributed by atoms with Gasteiger partial charge in [-0.05, 0) is 42.9 Å². The fourth-order valence-corrected chi connectivity index (χ4v) is 4.81. The molecule has 27 heavy (non-hydrogen) atoms. The lowest BCUT2D eigenvalue weighted by Crippen LogP contribution is -2.42. The van der Waals surface area contributed by atoms with Crippen molar-refractivity contribution in [3.8, 4) is 0 Å². The summed E-state index contributed by atoms with van der Waals surface area (Å²) in [5.41, 5.74) is 1.61. The highest BCUT2D eigenvalue weighted by molar-refractivity contribution is 7.97. The molecule has 1 aromatic heterocycles. The Morgan fingerprint density at radius 3 is 2.15 bits per heavy atom. The van der Waals surface area contributed by atoms with Gasteiger partial charge in [0.25, 0.3) is 0 Å². The summed E-state index contributed by atoms with van der Waals surface area (Å²) in [5.74, 6) is 0.241. The van der Waals surface area contributed by atoms with Crippen LogP contribution >= 0.6 is 11.9 Å². The third kappa shape index (κ3) is 3.82. The molecule has 4 nitrogen and oxygen atoms in total. The van der Waals surface area contributed by atoms with E-state index in [1.807, 2.05) is 4.57 Å². The third-order valence-electron chi connectivity index (χ3n) is 5.13. The Labute approximate surface area is 161 Å². The summed E-state index contributed by atoms with van der Waals surface area (Å²) in [5, 5.41) is 12.0. The first-order valence-electron chi connectivity index (χ1n) is 9.20. The Bertz CT molecular complexity index is 894. The molecule has 0 bridgehead atoms. The molecule has 1 atom stereocenters. The van der Waals surface area contributed by atoms with E-state index in [4.69, 9.17) is 0 Å². The van der Waals surface area contributed by atoms with Crippen LogP contribution in [0.4, 0.5) is 8.78 Å². The Balaban J connectivity index is 1.59. The maximum atomic E-state index is 13.7. The number of hydrogen-bond donors (Lipinski definition) is 1. The van der Waals surface area contributed by atoms with Crippen LogP contribution in [-0.2, 0) is 6.54 Å². The summed E-state index contributed by atoms with van der Waals surface area (Å²) in [7, 11) is 0. The zero-order valence-corrected chi connectivity index (χ0v) is 16.1. The largest absolute Gasteiger partial charge is 0.390 e. The van der Waals surface area contributed by atoms with E-state index in [2.05, 4.69) is 16.1 Å². The number of benzene rings is 2. The minimum Gasteiger partial charge on any atom is -0.390 e. The van der Waals surface area contributed by atoms with Crippen molar-refractivity contribution in [3.05, 3.63) is 48.0 Å². The summed E-state index contributed by atoms with van der Waals surface area (Å²) in [6, 6.07) is 9.06. The number of fused-ring (bicyclic) bond motifs is 3. The van der Waals surface area contributed by atoms with Crippen LogP contribution in [0.5, 0.6) is 0 Å². The molecule has 3 aromatic rings. The van der Waals surface area contributed by atoms with Crippen molar-refractivity contribution in [3.63, 3.8) is 0 Å². The number of halogens is 2. The first kappa shape index (κ1) is 18.7. The highest BCUT2D eigenvalue weighted by atomic mass is 32.2. The third-order valence-corrected chi connectivity index (χ3v) is 6.31. The molecule has 2 aromatic carbocycles. The van der Waals surface area contributed by atoms with Crippen molar-refractivity contribution in [1.29, 1.82) is 0 Å². The molecular weight excluding hydrogens is 368 g/mol. The van der Waals surface area contributed by atoms with Gasteiger partial charge < -0.3 is 9.67 Å². The van der Waals surface area contributed by atoms with Crippen molar-refractivity contribution in [2.75, 3.05) is 32.1 Å². The predicted molar refractivity (Wildman–Crippen MR) is 107 cm³/mol. The Morgan fingerprint density at radius 1 is 1.00 bits per heavy atom. The van der Waals surface area contributed by atoms with Gasteiger partial charge in [0.2, 0.25) is 0 Å². The monoisotopic (exact) mass is 391 g/mol. The standard InChI is InChI=1S/C20H23F2N3OS/c1-2-23-7-8-24(27-13-23)11-16(26)12-25-19-5-3-14(21)9-17(19)18-10-15(22)4-6-20(18)25/h3-6,9-10,16,26H,2,7-8,11-13H2,1H3. The molecule has 144 valence electrons. The molecule has 1 aliphatic heterocycles. The van der Waals surface area contributed by atoms with Crippen LogP contribution in [-0.4, -0.2) is 57.0 Å². The lowest BCUT2D eigenvalue weighted by atomic mass is 10.1. The van der Waals surface area contributed by atoms with Crippen LogP contribution in [0.3, 0.4) is 0 Å². The fourth-order valence-electron chi connectivity index (χ4n) is 3.69. The molecule has 1 unspecified atom stereocenters. The van der Waals surface area contributed by atoms with Gasteiger partial charge >= 0.3 is 0 Å². The fraction of sp³-hybridized carbons (Fsp3) is 0.400. The van der Waals surface area contributed by atoms with Gasteiger partial charge in [-0.1, -0.05) is 18.9 Å². The first-order valence-corrected chi connectivity index (χ1v) is 10.1. The van der Waals surface area contributed by atoms with Crippen LogP contribution in [0, 0.1) is 11.6 Å². The van der Waals surface area contributed by atoms with Gasteiger partial charge in [-0.2, -0.15) is 0 Å². The van der Waals surface area contributed by atoms with Gasteiger partial charge in [-0.25, -0.2) is 13.1 Å². The van der Waals surface area contributed by atoms with Crippen molar-refractivity contribution >= 4 is 33.8 Å². The van der Waals surface area contributed by atoms with E-state index in [9.17, 15) is 13.9 Å². The highest BCUT2D eigenvalue weighted by Crippen LogP contribution is 2.30. The molecule has 1 saturated heterocycles. The van der Waals surface area contributed by atoms with E-state index in [-0.39, 0.29) is 11.6 Å². The Morgan fingerprint density at radius 2 is 1.63 bits per heavy atom. The lowest BCUT2D eigenvalue weighted by molar-refractivity contribution is 0.127. The van der Waals surface area contributed by atoms with Crippen LogP contribution < -0.4 is 0 Å². The molecule has 4 rings (SSSR count). The molecule has 0 spiro atoms. The van der Waals surface area contributed by atoms with Gasteiger partial charge in [0.05, 0.1) is 18.5 Å². The number of rotatable bonds is 5. The van der Waals surface area contributed by atoms with Gasteiger partial charge in [0, 0.05) is 41.4 Å². The number of aliphatic hydroxyl groups is 1. The zero-order valence-electron chi connectivity index (χ0n) is 15.2. The van der Waals surface area contributed by atoms with E-state index in [1.54, 1.807) is 24.1 Å². The van der Waals surface area contributed by atoms with Gasteiger partial charge in [0.1, 0.15) is 11.6 Å². The van der Waals surface area contributed by atoms with Crippen molar-refractivity contribution < 1.29 is 13.9 Å². The molecule has 1 N–H and O–H groups in total. The van der Waals surface area contributed by atoms with Crippen molar-refractivity contribution in [2.45, 2.75) is 19.6 Å². The SMILES string of the molecule is CCN1CCN(CC(O)Cn2c3ccc(F)cc3c3cc(F)ccc32)SC1. The van der Waals surface area contributed by atoms with Gasteiger partial charge in [-0.15, -0.1) is 0 Å². The van der Waals surface area contributed by atoms with Gasteiger partial charge in [0.15, 0.2) is 0 Å². The van der Waals surface area contributed by atoms with E-state index < -0.39 is 6.10 Å². The number of likely N-dealkylation sites (N-methyl/N-ethyl adjacent to an activating group) is 1. The Kier molecular flexibility index (Phi) is 5.36. The van der Waals surface area contributed by atoms with E-state index in [1.165, 1.54) is 24.3 Å². The maximum Gasteiger partial charge on any atom is 0.123 e. The average Bonchev–Trinajstić information content (AvgIpc) is 2.94. The summed E-state index contributed by atoms with van der Waals surface area (Å²) in [6.45, 7) is 6.05. The number of aliphatic hydroxyl groups excluding tert-OH is 1. The maximum absolute atomic E-state index is 13.7. The number of aromatic nitrogens is 1. The summed E-state index contributed by atoms with van der Waals surface area (Å²) >= 11 is 1.74. The van der Waals surface area contributed by atoms with Crippen LogP contribution in [0.25, 0.3) is 21.8 Å². The molecule has 0 saturated carbocycles. The van der Waals surface area contributed by atoms with Crippen molar-refractivity contribution in [2.24, 2.45) is 0 Å². The average molecular weight is 391 g/mol. The quantitative estimate of drug-likeness (QED) is 0.673. The lowest BCUT2D eigenvalue weighted by Gasteiger charge is -2.34. The van der Waals surface area contributed by atoms with Crippen LogP contribution in [0.15, 0.2) is 36.4 Å². The first-order chi connectivity index (χ1) is 13.0. The summed E-state index contributed by atoms with van der Waals surface area (Å²) < 4.78 is 31.6. The number of β-amino-alcohol motifs (C(OH)–C–C–N with tert-alkyl or cyclic N) is 1. The van der Waals surface area contributed by atoms with Gasteiger partial charge in [-0.3, -0.25) is 4.90 Å². The highest BCUT2D eigenvalue weighted by Gasteiger charge is 2.21. The van der Waals surface area contributed by atoms with Crippen LogP contribution in [0.2, 0.25) is 0 Å². The summed E-state index contributed by atoms with van der Waals surface area (Å²) in [6.07, 6.45) is -0.570. The minimum atomic E-state index is -0.570. The van der Waals surface area contributed by atoms with E-state index in [0.29, 0.717) is 23.9 Å². The second-order valence-electron chi connectivity index (χ2n) is 6.94. The number of hydrogen-bond acceptors (Lipinski definition) is 4. The molecule has 1 fully saturated rings. The second kappa shape index (κ2) is 7.75. The second-order valence-corrected chi connectivity index (χ2v) is 7.98. The summed E-state index contributed by atoms with van der Waals surface area (Å²) in [4.78, 5) is 2.36. The van der Waals surface area contributed by atoms with Crippen molar-refractivity contribution in [1.82, 2.24) is 13.8 Å². The molecular formula is C20H23F2N3OS. The molecule has 0 radical (unpaired) electrons. The Hall–Kier alpha value is -1.67. The topological polar surface area (TPSA) is 31.6 Å². The normalized spacial score (nSPS) is 17.8.